The van der Waals surface area contributed by atoms with Gasteiger partial charge in [-0.05, 0) is 61.0 Å². The molecular weight excluding hydrogens is 474 g/mol. The van der Waals surface area contributed by atoms with Crippen molar-refractivity contribution in [2.24, 2.45) is 0 Å². The Labute approximate surface area is 205 Å². The smallest absolute Gasteiger partial charge is 0.338 e. The van der Waals surface area contributed by atoms with Crippen LogP contribution in [0.25, 0.3) is 6.08 Å². The van der Waals surface area contributed by atoms with Gasteiger partial charge in [0.1, 0.15) is 5.70 Å². The number of benzene rings is 3. The van der Waals surface area contributed by atoms with Crippen LogP contribution in [-0.4, -0.2) is 29.3 Å². The number of esters is 1. The van der Waals surface area contributed by atoms with E-state index in [1.807, 2.05) is 0 Å². The summed E-state index contributed by atoms with van der Waals surface area (Å²) in [5.74, 6) is -1.86. The van der Waals surface area contributed by atoms with Crippen molar-refractivity contribution in [3.8, 4) is 0 Å². The van der Waals surface area contributed by atoms with Gasteiger partial charge in [-0.3, -0.25) is 19.7 Å². The summed E-state index contributed by atoms with van der Waals surface area (Å²) < 4.78 is 4.97. The summed E-state index contributed by atoms with van der Waals surface area (Å²) in [7, 11) is 0. The van der Waals surface area contributed by atoms with E-state index in [1.54, 1.807) is 37.3 Å². The largest absolute Gasteiger partial charge is 0.462 e. The average Bonchev–Trinajstić information content (AvgIpc) is 2.84. The first-order valence-corrected chi connectivity index (χ1v) is 10.8. The lowest BCUT2D eigenvalue weighted by molar-refractivity contribution is -0.384. The van der Waals surface area contributed by atoms with Crippen LogP contribution in [0.15, 0.2) is 78.5 Å². The van der Waals surface area contributed by atoms with Crippen LogP contribution < -0.4 is 10.6 Å². The number of carbonyl (C=O) groups is 3. The first-order chi connectivity index (χ1) is 16.8. The fraction of sp³-hybridized carbons (Fsp3) is 0.0800. The molecule has 10 heteroatoms. The summed E-state index contributed by atoms with van der Waals surface area (Å²) in [5, 5.41) is 16.3. The Balaban J connectivity index is 1.91. The van der Waals surface area contributed by atoms with E-state index >= 15 is 0 Å². The summed E-state index contributed by atoms with van der Waals surface area (Å²) in [6.45, 7) is 1.88. The minimum atomic E-state index is -0.690. The van der Waals surface area contributed by atoms with E-state index in [-0.39, 0.29) is 34.1 Å². The van der Waals surface area contributed by atoms with Gasteiger partial charge in [0.2, 0.25) is 0 Å². The van der Waals surface area contributed by atoms with Crippen LogP contribution >= 0.6 is 11.6 Å². The predicted octanol–water partition coefficient (Wildman–Crippen LogP) is 4.83. The molecule has 0 spiro atoms. The maximum Gasteiger partial charge on any atom is 0.338 e. The van der Waals surface area contributed by atoms with E-state index in [2.05, 4.69) is 10.6 Å². The second kappa shape index (κ2) is 11.6. The molecule has 0 aliphatic rings. The number of nitrogens with zero attached hydrogens (tertiary/aromatic N) is 1. The van der Waals surface area contributed by atoms with Crippen molar-refractivity contribution in [1.29, 1.82) is 0 Å². The van der Waals surface area contributed by atoms with Gasteiger partial charge in [0.25, 0.3) is 17.5 Å². The number of carbonyl (C=O) groups excluding carboxylic acids is 3. The van der Waals surface area contributed by atoms with Crippen LogP contribution in [0.5, 0.6) is 0 Å². The fourth-order valence-electron chi connectivity index (χ4n) is 2.99. The summed E-state index contributed by atoms with van der Waals surface area (Å²) >= 11 is 6.10. The summed E-state index contributed by atoms with van der Waals surface area (Å²) in [5.41, 5.74) is 0.850. The molecule has 3 aromatic carbocycles. The molecule has 9 nitrogen and oxygen atoms in total. The molecule has 35 heavy (non-hydrogen) atoms. The van der Waals surface area contributed by atoms with E-state index in [0.717, 1.165) is 0 Å². The molecular formula is C25H20ClN3O6. The number of non-ortho nitro benzene ring substituents is 1. The molecule has 3 rings (SSSR count). The van der Waals surface area contributed by atoms with Gasteiger partial charge in [0, 0.05) is 17.8 Å². The topological polar surface area (TPSA) is 128 Å². The molecule has 0 heterocycles. The Morgan fingerprint density at radius 3 is 2.40 bits per heavy atom. The first kappa shape index (κ1) is 25.1. The van der Waals surface area contributed by atoms with Gasteiger partial charge in [-0.15, -0.1) is 0 Å². The van der Waals surface area contributed by atoms with Crippen molar-refractivity contribution in [2.45, 2.75) is 6.92 Å². The lowest BCUT2D eigenvalue weighted by atomic mass is 10.1. The highest BCUT2D eigenvalue weighted by Gasteiger charge is 2.18. The number of anilines is 1. The summed E-state index contributed by atoms with van der Waals surface area (Å²) in [6.07, 6.45) is 1.36. The lowest BCUT2D eigenvalue weighted by Gasteiger charge is -2.12. The van der Waals surface area contributed by atoms with Crippen LogP contribution in [0.2, 0.25) is 5.02 Å². The van der Waals surface area contributed by atoms with E-state index in [0.29, 0.717) is 11.3 Å². The second-order valence-corrected chi connectivity index (χ2v) is 7.50. The molecule has 178 valence electrons. The highest BCUT2D eigenvalue weighted by Crippen LogP contribution is 2.18. The number of hydrogen-bond acceptors (Lipinski definition) is 6. The summed E-state index contributed by atoms with van der Waals surface area (Å²) in [4.78, 5) is 48.3. The number of nitrogens with one attached hydrogen (secondary N) is 2. The quantitative estimate of drug-likeness (QED) is 0.200. The Kier molecular flexibility index (Phi) is 8.31. The third-order valence-corrected chi connectivity index (χ3v) is 4.99. The van der Waals surface area contributed by atoms with Gasteiger partial charge in [0.05, 0.1) is 27.7 Å². The van der Waals surface area contributed by atoms with Gasteiger partial charge < -0.3 is 15.4 Å². The van der Waals surface area contributed by atoms with Crippen molar-refractivity contribution < 1.29 is 24.0 Å². The highest BCUT2D eigenvalue weighted by molar-refractivity contribution is 6.34. The Morgan fingerprint density at radius 1 is 1.03 bits per heavy atom. The van der Waals surface area contributed by atoms with Crippen molar-refractivity contribution in [3.63, 3.8) is 0 Å². The first-order valence-electron chi connectivity index (χ1n) is 10.4. The summed E-state index contributed by atoms with van der Waals surface area (Å²) in [6, 6.07) is 17.9. The number of hydrogen-bond donors (Lipinski definition) is 2. The van der Waals surface area contributed by atoms with Crippen LogP contribution in [0.4, 0.5) is 11.4 Å². The highest BCUT2D eigenvalue weighted by atomic mass is 35.5. The number of amides is 2. The van der Waals surface area contributed by atoms with Crippen LogP contribution in [0.1, 0.15) is 33.2 Å². The number of ether oxygens (including phenoxy) is 1. The van der Waals surface area contributed by atoms with Crippen molar-refractivity contribution in [2.75, 3.05) is 11.9 Å². The molecule has 0 bridgehead atoms. The molecule has 0 saturated heterocycles. The van der Waals surface area contributed by atoms with Gasteiger partial charge >= 0.3 is 5.97 Å². The second-order valence-electron chi connectivity index (χ2n) is 7.10. The van der Waals surface area contributed by atoms with E-state index in [4.69, 9.17) is 16.3 Å². The van der Waals surface area contributed by atoms with Gasteiger partial charge in [-0.1, -0.05) is 29.8 Å². The molecule has 0 radical (unpaired) electrons. The molecule has 0 saturated carbocycles. The SMILES string of the molecule is CCOC(=O)c1cccc(NC(=O)/C(=C\c2ccc([N+](=O)[O-])cc2)NC(=O)c2ccccc2Cl)c1. The molecule has 0 unspecified atom stereocenters. The monoisotopic (exact) mass is 493 g/mol. The van der Waals surface area contributed by atoms with Crippen molar-refractivity contribution in [3.05, 3.63) is 110 Å². The minimum absolute atomic E-state index is 0.121. The Morgan fingerprint density at radius 2 is 1.74 bits per heavy atom. The predicted molar refractivity (Wildman–Crippen MR) is 131 cm³/mol. The zero-order chi connectivity index (χ0) is 25.4. The maximum absolute atomic E-state index is 13.1. The molecule has 0 aliphatic carbocycles. The molecule has 0 aliphatic heterocycles. The molecule has 0 atom stereocenters. The van der Waals surface area contributed by atoms with Crippen molar-refractivity contribution in [1.82, 2.24) is 5.32 Å². The van der Waals surface area contributed by atoms with Crippen molar-refractivity contribution >= 4 is 46.8 Å². The molecule has 2 N–H and O–H groups in total. The Bertz CT molecular complexity index is 1300. The standard InChI is InChI=1S/C25H20ClN3O6/c1-2-35-25(32)17-6-5-7-18(15-17)27-24(31)22(14-16-10-12-19(13-11-16)29(33)34)28-23(30)20-8-3-4-9-21(20)26/h3-15H,2H2,1H3,(H,27,31)(H,28,30)/b22-14+. The third-order valence-electron chi connectivity index (χ3n) is 4.66. The third kappa shape index (κ3) is 6.75. The van der Waals surface area contributed by atoms with Crippen LogP contribution in [0.3, 0.4) is 0 Å². The normalized spacial score (nSPS) is 10.9. The molecule has 2 amide bonds. The van der Waals surface area contributed by atoms with Crippen LogP contribution in [-0.2, 0) is 9.53 Å². The maximum atomic E-state index is 13.1. The number of rotatable bonds is 8. The van der Waals surface area contributed by atoms with E-state index < -0.39 is 22.7 Å². The van der Waals surface area contributed by atoms with Gasteiger partial charge in [-0.25, -0.2) is 4.79 Å². The number of nitro groups is 1. The molecule has 3 aromatic rings. The van der Waals surface area contributed by atoms with E-state index in [1.165, 1.54) is 48.5 Å². The fourth-order valence-corrected chi connectivity index (χ4v) is 3.21. The Hall–Kier alpha value is -4.50. The molecule has 0 aromatic heterocycles. The average molecular weight is 494 g/mol. The molecule has 0 fully saturated rings. The zero-order valence-electron chi connectivity index (χ0n) is 18.5. The number of nitro benzene ring substituents is 1. The number of halogens is 1. The minimum Gasteiger partial charge on any atom is -0.462 e. The van der Waals surface area contributed by atoms with Crippen LogP contribution in [0, 0.1) is 10.1 Å². The van der Waals surface area contributed by atoms with Gasteiger partial charge in [-0.2, -0.15) is 0 Å². The van der Waals surface area contributed by atoms with Gasteiger partial charge in [0.15, 0.2) is 0 Å². The lowest BCUT2D eigenvalue weighted by Crippen LogP contribution is -2.31. The zero-order valence-corrected chi connectivity index (χ0v) is 19.2. The van der Waals surface area contributed by atoms with E-state index in [9.17, 15) is 24.5 Å².